The van der Waals surface area contributed by atoms with Gasteiger partial charge in [-0.3, -0.25) is 0 Å². The summed E-state index contributed by atoms with van der Waals surface area (Å²) in [5.74, 6) is 0. The van der Waals surface area contributed by atoms with Crippen molar-refractivity contribution >= 4 is 9.05 Å². The predicted molar refractivity (Wildman–Crippen MR) is 103 cm³/mol. The fraction of sp³-hybridized carbons (Fsp3) is 1.00. The summed E-state index contributed by atoms with van der Waals surface area (Å²) in [4.78, 5) is 0. The van der Waals surface area contributed by atoms with E-state index >= 15 is 0 Å². The van der Waals surface area contributed by atoms with Crippen LogP contribution in [-0.4, -0.2) is 37.0 Å². The van der Waals surface area contributed by atoms with E-state index in [-0.39, 0.29) is 0 Å². The van der Waals surface area contributed by atoms with Gasteiger partial charge in [0.25, 0.3) is 0 Å². The first-order valence-electron chi connectivity index (χ1n) is 10.0. The molecule has 146 valence electrons. The highest BCUT2D eigenvalue weighted by Gasteiger charge is 2.41. The van der Waals surface area contributed by atoms with Gasteiger partial charge in [0, 0.05) is 27.9 Å². The van der Waals surface area contributed by atoms with Crippen LogP contribution in [0.5, 0.6) is 0 Å². The van der Waals surface area contributed by atoms with Crippen molar-refractivity contribution in [3.63, 3.8) is 0 Å². The van der Waals surface area contributed by atoms with Gasteiger partial charge >= 0.3 is 9.05 Å². The number of rotatable bonds is 19. The first kappa shape index (κ1) is 24.1. The second-order valence-electron chi connectivity index (χ2n) is 6.56. The standard InChI is InChI=1S/C19H42O4Si/c1-5-6-7-8-9-10-11-12-13-14-15-16-17-18-19-23-24(20-2,21-3)22-4/h5-19H2,1-4H3. The molecule has 24 heavy (non-hydrogen) atoms. The maximum Gasteiger partial charge on any atom is 0.678 e. The van der Waals surface area contributed by atoms with Crippen LogP contribution in [0.25, 0.3) is 0 Å². The smallest absolute Gasteiger partial charge is 0.355 e. The average molecular weight is 363 g/mol. The Balaban J connectivity index is 3.23. The van der Waals surface area contributed by atoms with Crippen molar-refractivity contribution in [2.24, 2.45) is 0 Å². The predicted octanol–water partition coefficient (Wildman–Crippen LogP) is 5.86. The van der Waals surface area contributed by atoms with Gasteiger partial charge in [-0.1, -0.05) is 90.4 Å². The molecule has 0 heterocycles. The molecular formula is C19H42O4Si. The van der Waals surface area contributed by atoms with E-state index in [2.05, 4.69) is 6.92 Å². The maximum absolute atomic E-state index is 5.66. The third kappa shape index (κ3) is 13.4. The molecule has 4 nitrogen and oxygen atoms in total. The summed E-state index contributed by atoms with van der Waals surface area (Å²) in [6, 6.07) is 0. The zero-order valence-corrected chi connectivity index (χ0v) is 17.7. The van der Waals surface area contributed by atoms with Gasteiger partial charge in [-0.05, 0) is 6.42 Å². The molecule has 0 aromatic heterocycles. The molecule has 0 radical (unpaired) electrons. The molecule has 0 aromatic carbocycles. The summed E-state index contributed by atoms with van der Waals surface area (Å²) in [6.45, 7) is 2.93. The van der Waals surface area contributed by atoms with Gasteiger partial charge in [-0.25, -0.2) is 0 Å². The summed E-state index contributed by atoms with van der Waals surface area (Å²) < 4.78 is 21.3. The van der Waals surface area contributed by atoms with Crippen molar-refractivity contribution in [1.82, 2.24) is 0 Å². The van der Waals surface area contributed by atoms with Crippen molar-refractivity contribution in [3.05, 3.63) is 0 Å². The Morgan fingerprint density at radius 2 is 0.833 bits per heavy atom. The van der Waals surface area contributed by atoms with Gasteiger partial charge < -0.3 is 17.7 Å². The molecule has 0 atom stereocenters. The van der Waals surface area contributed by atoms with Crippen LogP contribution in [0, 0.1) is 0 Å². The Morgan fingerprint density at radius 1 is 0.500 bits per heavy atom. The molecule has 5 heteroatoms. The highest BCUT2D eigenvalue weighted by Crippen LogP contribution is 2.14. The zero-order valence-electron chi connectivity index (χ0n) is 16.7. The van der Waals surface area contributed by atoms with Gasteiger partial charge in [0.05, 0.1) is 0 Å². The molecule has 0 aliphatic rings. The molecule has 0 saturated carbocycles. The molecule has 0 bridgehead atoms. The van der Waals surface area contributed by atoms with Crippen LogP contribution in [0.4, 0.5) is 0 Å². The summed E-state index contributed by atoms with van der Waals surface area (Å²) >= 11 is 0. The summed E-state index contributed by atoms with van der Waals surface area (Å²) in [7, 11) is 1.90. The first-order chi connectivity index (χ1) is 11.7. The van der Waals surface area contributed by atoms with Crippen LogP contribution in [0.15, 0.2) is 0 Å². The van der Waals surface area contributed by atoms with E-state index in [4.69, 9.17) is 17.7 Å². The normalized spacial score (nSPS) is 12.0. The van der Waals surface area contributed by atoms with Crippen LogP contribution in [-0.2, 0) is 17.7 Å². The van der Waals surface area contributed by atoms with Crippen molar-refractivity contribution in [3.8, 4) is 0 Å². The van der Waals surface area contributed by atoms with Gasteiger partial charge in [-0.15, -0.1) is 0 Å². The molecule has 0 spiro atoms. The minimum Gasteiger partial charge on any atom is -0.355 e. The van der Waals surface area contributed by atoms with Gasteiger partial charge in [0.1, 0.15) is 0 Å². The second kappa shape index (κ2) is 17.9. The van der Waals surface area contributed by atoms with Crippen molar-refractivity contribution in [1.29, 1.82) is 0 Å². The van der Waals surface area contributed by atoms with Crippen molar-refractivity contribution in [2.45, 2.75) is 96.8 Å². The number of unbranched alkanes of at least 4 members (excludes halogenated alkanes) is 13. The van der Waals surface area contributed by atoms with E-state index in [0.717, 1.165) is 6.42 Å². The van der Waals surface area contributed by atoms with E-state index in [0.29, 0.717) is 6.61 Å². The lowest BCUT2D eigenvalue weighted by atomic mass is 10.0. The molecular weight excluding hydrogens is 320 g/mol. The fourth-order valence-electron chi connectivity index (χ4n) is 2.92. The molecule has 0 amide bonds. The number of hydrogen-bond acceptors (Lipinski definition) is 4. The van der Waals surface area contributed by atoms with E-state index < -0.39 is 9.05 Å². The third-order valence-corrected chi connectivity index (χ3v) is 6.58. The molecule has 0 fully saturated rings. The van der Waals surface area contributed by atoms with Crippen LogP contribution < -0.4 is 0 Å². The lowest BCUT2D eigenvalue weighted by Gasteiger charge is -2.22. The van der Waals surface area contributed by atoms with Gasteiger partial charge in [-0.2, -0.15) is 0 Å². The number of hydrogen-bond donors (Lipinski definition) is 0. The quantitative estimate of drug-likeness (QED) is 0.213. The van der Waals surface area contributed by atoms with Crippen molar-refractivity contribution in [2.75, 3.05) is 27.9 Å². The molecule has 0 rings (SSSR count). The van der Waals surface area contributed by atoms with E-state index in [1.807, 2.05) is 0 Å². The third-order valence-electron chi connectivity index (χ3n) is 4.53. The lowest BCUT2D eigenvalue weighted by Crippen LogP contribution is -2.46. The second-order valence-corrected chi connectivity index (χ2v) is 9.07. The molecule has 0 unspecified atom stereocenters. The fourth-order valence-corrected chi connectivity index (χ4v) is 4.17. The van der Waals surface area contributed by atoms with E-state index in [1.54, 1.807) is 21.3 Å². The molecule has 0 aliphatic carbocycles. The molecule has 0 aromatic rings. The maximum atomic E-state index is 5.66. The highest BCUT2D eigenvalue weighted by atomic mass is 28.4. The molecule has 0 saturated heterocycles. The monoisotopic (exact) mass is 362 g/mol. The SMILES string of the molecule is CCCCCCCCCCCCCCCCO[Si](OC)(OC)OC. The first-order valence-corrected chi connectivity index (χ1v) is 11.7. The Kier molecular flexibility index (Phi) is 17.9. The average Bonchev–Trinajstić information content (AvgIpc) is 2.62. The molecule has 0 aliphatic heterocycles. The minimum atomic E-state index is -2.82. The molecule has 0 N–H and O–H groups in total. The van der Waals surface area contributed by atoms with Crippen LogP contribution in [0.2, 0.25) is 0 Å². The lowest BCUT2D eigenvalue weighted by molar-refractivity contribution is 0.00504. The Morgan fingerprint density at radius 3 is 1.17 bits per heavy atom. The van der Waals surface area contributed by atoms with Gasteiger partial charge in [0.2, 0.25) is 0 Å². The largest absolute Gasteiger partial charge is 0.678 e. The zero-order chi connectivity index (χ0) is 17.9. The minimum absolute atomic E-state index is 0.653. The summed E-state index contributed by atoms with van der Waals surface area (Å²) in [5.41, 5.74) is 0. The van der Waals surface area contributed by atoms with Crippen molar-refractivity contribution < 1.29 is 17.7 Å². The Hall–Kier alpha value is 0.0569. The Labute approximate surface area is 152 Å². The van der Waals surface area contributed by atoms with Crippen LogP contribution in [0.1, 0.15) is 96.8 Å². The van der Waals surface area contributed by atoms with Crippen LogP contribution in [0.3, 0.4) is 0 Å². The summed E-state index contributed by atoms with van der Waals surface area (Å²) in [5, 5.41) is 0. The highest BCUT2D eigenvalue weighted by molar-refractivity contribution is 6.53. The Bertz CT molecular complexity index is 239. The topological polar surface area (TPSA) is 36.9 Å². The van der Waals surface area contributed by atoms with E-state index in [9.17, 15) is 0 Å². The van der Waals surface area contributed by atoms with E-state index in [1.165, 1.54) is 83.5 Å². The van der Waals surface area contributed by atoms with Crippen LogP contribution >= 0.6 is 0 Å². The van der Waals surface area contributed by atoms with Gasteiger partial charge in [0.15, 0.2) is 0 Å². The summed E-state index contributed by atoms with van der Waals surface area (Å²) in [6.07, 6.45) is 19.0.